The zero-order valence-electron chi connectivity index (χ0n) is 11.2. The number of hydrogen-bond acceptors (Lipinski definition) is 7. The van der Waals surface area contributed by atoms with Crippen LogP contribution in [0.25, 0.3) is 0 Å². The van der Waals surface area contributed by atoms with Crippen molar-refractivity contribution in [2.24, 2.45) is 0 Å². The summed E-state index contributed by atoms with van der Waals surface area (Å²) in [7, 11) is 0. The first-order chi connectivity index (χ1) is 10.2. The number of halogens is 1. The maximum absolute atomic E-state index is 11.3. The van der Waals surface area contributed by atoms with Crippen molar-refractivity contribution in [2.75, 3.05) is 19.0 Å². The molecule has 0 unspecified atom stereocenters. The highest BCUT2D eigenvalue weighted by Crippen LogP contribution is 2.19. The normalized spacial score (nSPS) is 10.4. The fourth-order valence-electron chi connectivity index (χ4n) is 1.39. The molecule has 0 atom stereocenters. The van der Waals surface area contributed by atoms with Gasteiger partial charge in [0.1, 0.15) is 5.75 Å². The van der Waals surface area contributed by atoms with Gasteiger partial charge in [-0.15, -0.1) is 5.10 Å². The summed E-state index contributed by atoms with van der Waals surface area (Å²) in [5, 5.41) is 7.70. The van der Waals surface area contributed by atoms with E-state index in [1.54, 1.807) is 6.92 Å². The molecule has 0 aliphatic rings. The Morgan fingerprint density at radius 2 is 2.29 bits per heavy atom. The number of benzene rings is 1. The van der Waals surface area contributed by atoms with E-state index >= 15 is 0 Å². The molecule has 0 saturated carbocycles. The first-order valence-electron chi connectivity index (χ1n) is 6.21. The van der Waals surface area contributed by atoms with Gasteiger partial charge in [-0.2, -0.15) is 0 Å². The van der Waals surface area contributed by atoms with E-state index in [1.165, 1.54) is 11.8 Å². The molecule has 6 nitrogen and oxygen atoms in total. The third-order valence-corrected chi connectivity index (χ3v) is 3.51. The average molecular weight is 373 g/mol. The Labute approximate surface area is 134 Å². The van der Waals surface area contributed by atoms with Crippen LogP contribution in [0.3, 0.4) is 0 Å². The first kappa shape index (κ1) is 15.8. The summed E-state index contributed by atoms with van der Waals surface area (Å²) in [5.74, 6) is 0.661. The summed E-state index contributed by atoms with van der Waals surface area (Å²) in [6, 6.07) is 7.59. The number of nitrogens with zero attached hydrogens (tertiary/aromatic N) is 2. The number of hydrogen-bond donors (Lipinski definition) is 0. The van der Waals surface area contributed by atoms with Crippen LogP contribution < -0.4 is 4.74 Å². The quantitative estimate of drug-likeness (QED) is 0.419. The van der Waals surface area contributed by atoms with Crippen LogP contribution in [0, 0.1) is 0 Å². The molecule has 1 aromatic heterocycles. The van der Waals surface area contributed by atoms with Gasteiger partial charge in [0.25, 0.3) is 5.22 Å². The molecule has 8 heteroatoms. The number of rotatable bonds is 7. The molecule has 2 rings (SSSR count). The van der Waals surface area contributed by atoms with E-state index in [-0.39, 0.29) is 12.5 Å². The van der Waals surface area contributed by atoms with Crippen LogP contribution in [0.2, 0.25) is 0 Å². The summed E-state index contributed by atoms with van der Waals surface area (Å²) >= 11 is 4.69. The number of ether oxygens (including phenoxy) is 2. The Morgan fingerprint density at radius 3 is 3.05 bits per heavy atom. The minimum atomic E-state index is -0.609. The van der Waals surface area contributed by atoms with Crippen LogP contribution in [0.1, 0.15) is 17.6 Å². The van der Waals surface area contributed by atoms with Crippen molar-refractivity contribution in [3.05, 3.63) is 34.6 Å². The molecule has 0 amide bonds. The van der Waals surface area contributed by atoms with Gasteiger partial charge < -0.3 is 13.9 Å². The van der Waals surface area contributed by atoms with Gasteiger partial charge in [-0.05, 0) is 25.1 Å². The monoisotopic (exact) mass is 372 g/mol. The third-order valence-electron chi connectivity index (χ3n) is 2.23. The number of thioether (sulfide) groups is 1. The molecule has 0 saturated heterocycles. The highest BCUT2D eigenvalue weighted by atomic mass is 79.9. The second-order valence-electron chi connectivity index (χ2n) is 3.75. The van der Waals surface area contributed by atoms with Gasteiger partial charge in [0.05, 0.1) is 13.2 Å². The van der Waals surface area contributed by atoms with Crippen molar-refractivity contribution >= 4 is 33.7 Å². The second kappa shape index (κ2) is 8.04. The zero-order chi connectivity index (χ0) is 15.1. The predicted molar refractivity (Wildman–Crippen MR) is 80.6 cm³/mol. The number of carbonyl (C=O) groups is 1. The lowest BCUT2D eigenvalue weighted by atomic mass is 10.3. The van der Waals surface area contributed by atoms with Crippen LogP contribution in [-0.4, -0.2) is 35.1 Å². The predicted octanol–water partition coefficient (Wildman–Crippen LogP) is 3.18. The summed E-state index contributed by atoms with van der Waals surface area (Å²) < 4.78 is 16.5. The third kappa shape index (κ3) is 5.05. The van der Waals surface area contributed by atoms with Crippen LogP contribution >= 0.6 is 27.7 Å². The van der Waals surface area contributed by atoms with E-state index in [0.717, 1.165) is 10.2 Å². The molecule has 1 aromatic carbocycles. The van der Waals surface area contributed by atoms with Crippen molar-refractivity contribution < 1.29 is 18.7 Å². The van der Waals surface area contributed by atoms with Crippen LogP contribution in [0.4, 0.5) is 0 Å². The lowest BCUT2D eigenvalue weighted by Gasteiger charge is -2.04. The van der Waals surface area contributed by atoms with Gasteiger partial charge in [0.2, 0.25) is 0 Å². The summed E-state index contributed by atoms with van der Waals surface area (Å²) in [6.07, 6.45) is 0. The molecule has 0 aliphatic carbocycles. The Bertz CT molecular complexity index is 605. The molecule has 0 radical (unpaired) electrons. The maximum Gasteiger partial charge on any atom is 0.396 e. The van der Waals surface area contributed by atoms with Crippen LogP contribution in [0.5, 0.6) is 5.75 Å². The van der Waals surface area contributed by atoms with Crippen LogP contribution in [0.15, 0.2) is 38.4 Å². The van der Waals surface area contributed by atoms with E-state index in [0.29, 0.717) is 17.6 Å². The smallest absolute Gasteiger partial charge is 0.396 e. The van der Waals surface area contributed by atoms with Gasteiger partial charge >= 0.3 is 11.9 Å². The molecular formula is C13H13BrN2O4S. The molecule has 0 fully saturated rings. The van der Waals surface area contributed by atoms with E-state index in [9.17, 15) is 4.79 Å². The van der Waals surface area contributed by atoms with Gasteiger partial charge in [-0.25, -0.2) is 4.79 Å². The lowest BCUT2D eigenvalue weighted by Crippen LogP contribution is -2.04. The molecule has 1 heterocycles. The van der Waals surface area contributed by atoms with Crippen molar-refractivity contribution in [2.45, 2.75) is 12.1 Å². The van der Waals surface area contributed by atoms with Crippen molar-refractivity contribution in [3.63, 3.8) is 0 Å². The largest absolute Gasteiger partial charge is 0.493 e. The highest BCUT2D eigenvalue weighted by molar-refractivity contribution is 9.10. The van der Waals surface area contributed by atoms with Gasteiger partial charge in [0, 0.05) is 10.2 Å². The van der Waals surface area contributed by atoms with Crippen LogP contribution in [-0.2, 0) is 4.74 Å². The summed E-state index contributed by atoms with van der Waals surface area (Å²) in [4.78, 5) is 11.3. The molecule has 0 bridgehead atoms. The Balaban J connectivity index is 1.75. The second-order valence-corrected chi connectivity index (χ2v) is 5.71. The lowest BCUT2D eigenvalue weighted by molar-refractivity contribution is 0.0475. The van der Waals surface area contributed by atoms with E-state index < -0.39 is 5.97 Å². The molecule has 0 aliphatic heterocycles. The van der Waals surface area contributed by atoms with E-state index in [2.05, 4.69) is 26.1 Å². The van der Waals surface area contributed by atoms with E-state index in [4.69, 9.17) is 13.9 Å². The number of carbonyl (C=O) groups excluding carboxylic acids is 1. The molecule has 112 valence electrons. The Morgan fingerprint density at radius 1 is 1.43 bits per heavy atom. The molecular weight excluding hydrogens is 360 g/mol. The number of esters is 1. The highest BCUT2D eigenvalue weighted by Gasteiger charge is 2.15. The zero-order valence-corrected chi connectivity index (χ0v) is 13.6. The fraction of sp³-hybridized carbons (Fsp3) is 0.308. The first-order valence-corrected chi connectivity index (χ1v) is 7.98. The van der Waals surface area contributed by atoms with Gasteiger partial charge in [-0.1, -0.05) is 38.9 Å². The van der Waals surface area contributed by atoms with Crippen molar-refractivity contribution in [3.8, 4) is 5.75 Å². The molecule has 2 aromatic rings. The average Bonchev–Trinajstić information content (AvgIpc) is 2.93. The minimum Gasteiger partial charge on any atom is -0.493 e. The van der Waals surface area contributed by atoms with Gasteiger partial charge in [0.15, 0.2) is 0 Å². The fourth-order valence-corrected chi connectivity index (χ4v) is 2.34. The number of aromatic nitrogens is 2. The topological polar surface area (TPSA) is 74.5 Å². The standard InChI is InChI=1S/C13H13BrN2O4S/c1-2-18-12(17)11-15-16-13(20-11)21-7-6-19-10-5-3-4-9(14)8-10/h3-5,8H,2,6-7H2,1H3. The summed E-state index contributed by atoms with van der Waals surface area (Å²) in [5.41, 5.74) is 0. The molecule has 0 spiro atoms. The molecule has 0 N–H and O–H groups in total. The Kier molecular flexibility index (Phi) is 6.06. The SMILES string of the molecule is CCOC(=O)c1nnc(SCCOc2cccc(Br)c2)o1. The maximum atomic E-state index is 11.3. The van der Waals surface area contributed by atoms with Gasteiger partial charge in [-0.3, -0.25) is 0 Å². The van der Waals surface area contributed by atoms with E-state index in [1.807, 2.05) is 24.3 Å². The summed E-state index contributed by atoms with van der Waals surface area (Å²) in [6.45, 7) is 2.46. The van der Waals surface area contributed by atoms with Crippen molar-refractivity contribution in [1.29, 1.82) is 0 Å². The minimum absolute atomic E-state index is 0.132. The van der Waals surface area contributed by atoms with Crippen molar-refractivity contribution in [1.82, 2.24) is 10.2 Å². The molecule has 21 heavy (non-hydrogen) atoms. The Hall–Kier alpha value is -1.54.